The van der Waals surface area contributed by atoms with E-state index in [0.717, 1.165) is 5.92 Å². The molecule has 1 aliphatic rings. The van der Waals surface area contributed by atoms with Crippen LogP contribution in [0.5, 0.6) is 0 Å². The van der Waals surface area contributed by atoms with E-state index in [1.54, 1.807) is 5.56 Å². The number of aryl methyl sites for hydroxylation is 1. The predicted octanol–water partition coefficient (Wildman–Crippen LogP) is 3.89. The number of rotatable bonds is 3. The van der Waals surface area contributed by atoms with Crippen LogP contribution in [0.25, 0.3) is 0 Å². The summed E-state index contributed by atoms with van der Waals surface area (Å²) in [6, 6.07) is 6.78. The van der Waals surface area contributed by atoms with Gasteiger partial charge in [-0.05, 0) is 75.4 Å². The molecule has 0 aliphatic carbocycles. The van der Waals surface area contributed by atoms with Crippen LogP contribution in [0.4, 0.5) is 0 Å². The van der Waals surface area contributed by atoms with Crippen LogP contribution < -0.4 is 0 Å². The zero-order valence-corrected chi connectivity index (χ0v) is 11.5. The zero-order chi connectivity index (χ0) is 12.3. The number of benzene rings is 1. The maximum atomic E-state index is 2.61. The molecular weight excluding hydrogens is 206 g/mol. The minimum absolute atomic E-state index is 0.794. The third kappa shape index (κ3) is 2.90. The Kier molecular flexibility index (Phi) is 4.22. The van der Waals surface area contributed by atoms with Crippen LogP contribution in [-0.4, -0.2) is 24.5 Å². The van der Waals surface area contributed by atoms with Crippen molar-refractivity contribution in [2.75, 3.05) is 19.6 Å². The van der Waals surface area contributed by atoms with Crippen molar-refractivity contribution in [2.45, 2.75) is 46.0 Å². The van der Waals surface area contributed by atoms with Gasteiger partial charge in [0.1, 0.15) is 0 Å². The Morgan fingerprint density at radius 1 is 1.18 bits per heavy atom. The van der Waals surface area contributed by atoms with Crippen molar-refractivity contribution in [1.82, 2.24) is 4.90 Å². The summed E-state index contributed by atoms with van der Waals surface area (Å²) in [6.45, 7) is 10.6. The van der Waals surface area contributed by atoms with Crippen LogP contribution in [0, 0.1) is 13.8 Å². The number of likely N-dealkylation sites (tertiary alicyclic amines) is 1. The molecule has 0 aromatic heterocycles. The van der Waals surface area contributed by atoms with E-state index >= 15 is 0 Å². The van der Waals surface area contributed by atoms with E-state index in [2.05, 4.69) is 43.9 Å². The van der Waals surface area contributed by atoms with Crippen molar-refractivity contribution < 1.29 is 0 Å². The molecule has 0 radical (unpaired) electrons. The van der Waals surface area contributed by atoms with Crippen LogP contribution in [0.2, 0.25) is 0 Å². The molecule has 1 saturated heterocycles. The molecule has 0 N–H and O–H groups in total. The van der Waals surface area contributed by atoms with Gasteiger partial charge in [-0.25, -0.2) is 0 Å². The highest BCUT2D eigenvalue weighted by atomic mass is 15.1. The van der Waals surface area contributed by atoms with Gasteiger partial charge in [0.15, 0.2) is 0 Å². The molecule has 17 heavy (non-hydrogen) atoms. The first-order valence-electron chi connectivity index (χ1n) is 7.00. The van der Waals surface area contributed by atoms with Crippen molar-refractivity contribution in [1.29, 1.82) is 0 Å². The normalized spacial score (nSPS) is 18.5. The molecule has 0 spiro atoms. The van der Waals surface area contributed by atoms with Gasteiger partial charge in [-0.3, -0.25) is 0 Å². The second-order valence-electron chi connectivity index (χ2n) is 5.41. The molecule has 1 heteroatoms. The zero-order valence-electron chi connectivity index (χ0n) is 11.5. The van der Waals surface area contributed by atoms with Crippen molar-refractivity contribution in [3.05, 3.63) is 34.9 Å². The molecule has 94 valence electrons. The summed E-state index contributed by atoms with van der Waals surface area (Å²) in [5.41, 5.74) is 4.56. The summed E-state index contributed by atoms with van der Waals surface area (Å²) in [7, 11) is 0. The lowest BCUT2D eigenvalue weighted by Gasteiger charge is -2.32. The summed E-state index contributed by atoms with van der Waals surface area (Å²) in [5.74, 6) is 0.794. The summed E-state index contributed by atoms with van der Waals surface area (Å²) >= 11 is 0. The van der Waals surface area contributed by atoms with Crippen LogP contribution in [0.15, 0.2) is 18.2 Å². The third-order valence-corrected chi connectivity index (χ3v) is 4.21. The van der Waals surface area contributed by atoms with E-state index in [1.165, 1.54) is 50.0 Å². The van der Waals surface area contributed by atoms with Crippen LogP contribution in [0.1, 0.15) is 48.8 Å². The van der Waals surface area contributed by atoms with E-state index in [1.807, 2.05) is 0 Å². The van der Waals surface area contributed by atoms with E-state index < -0.39 is 0 Å². The average molecular weight is 231 g/mol. The molecule has 1 fully saturated rings. The first-order valence-corrected chi connectivity index (χ1v) is 7.00. The minimum Gasteiger partial charge on any atom is -0.303 e. The summed E-state index contributed by atoms with van der Waals surface area (Å²) in [6.07, 6.45) is 3.96. The van der Waals surface area contributed by atoms with Gasteiger partial charge in [0.25, 0.3) is 0 Å². The number of hydrogen-bond acceptors (Lipinski definition) is 1. The van der Waals surface area contributed by atoms with Crippen LogP contribution in [0.3, 0.4) is 0 Å². The monoisotopic (exact) mass is 231 g/mol. The Bertz CT molecular complexity index is 362. The first-order chi connectivity index (χ1) is 8.22. The largest absolute Gasteiger partial charge is 0.303 e. The van der Waals surface area contributed by atoms with Gasteiger partial charge in [0.05, 0.1) is 0 Å². The van der Waals surface area contributed by atoms with Gasteiger partial charge in [-0.1, -0.05) is 25.1 Å². The second-order valence-corrected chi connectivity index (χ2v) is 5.41. The minimum atomic E-state index is 0.794. The van der Waals surface area contributed by atoms with E-state index in [9.17, 15) is 0 Å². The molecule has 1 nitrogen and oxygen atoms in total. The topological polar surface area (TPSA) is 3.24 Å². The fourth-order valence-corrected chi connectivity index (χ4v) is 3.00. The summed E-state index contributed by atoms with van der Waals surface area (Å²) in [5, 5.41) is 0. The molecular formula is C16H25N. The maximum absolute atomic E-state index is 2.61. The molecule has 1 heterocycles. The second kappa shape index (κ2) is 5.68. The fraction of sp³-hybridized carbons (Fsp3) is 0.625. The SMILES string of the molecule is CCCN1CCC(c2cccc(C)c2C)CC1. The number of nitrogens with zero attached hydrogens (tertiary/aromatic N) is 1. The lowest BCUT2D eigenvalue weighted by Crippen LogP contribution is -2.33. The van der Waals surface area contributed by atoms with E-state index in [-0.39, 0.29) is 0 Å². The van der Waals surface area contributed by atoms with E-state index in [0.29, 0.717) is 0 Å². The lowest BCUT2D eigenvalue weighted by atomic mass is 9.85. The van der Waals surface area contributed by atoms with Crippen LogP contribution >= 0.6 is 0 Å². The fourth-order valence-electron chi connectivity index (χ4n) is 3.00. The standard InChI is InChI=1S/C16H25N/c1-4-10-17-11-8-15(9-12-17)16-7-5-6-13(2)14(16)3/h5-7,15H,4,8-12H2,1-3H3. The lowest BCUT2D eigenvalue weighted by molar-refractivity contribution is 0.212. The highest BCUT2D eigenvalue weighted by molar-refractivity contribution is 5.35. The Labute approximate surface area is 106 Å². The molecule has 1 aromatic rings. The number of hydrogen-bond donors (Lipinski definition) is 0. The van der Waals surface area contributed by atoms with Gasteiger partial charge in [0, 0.05) is 0 Å². The van der Waals surface area contributed by atoms with Crippen molar-refractivity contribution in [2.24, 2.45) is 0 Å². The molecule has 0 bridgehead atoms. The van der Waals surface area contributed by atoms with Crippen molar-refractivity contribution in [3.8, 4) is 0 Å². The predicted molar refractivity (Wildman–Crippen MR) is 74.6 cm³/mol. The summed E-state index contributed by atoms with van der Waals surface area (Å²) < 4.78 is 0. The Balaban J connectivity index is 2.03. The molecule has 1 aliphatic heterocycles. The highest BCUT2D eigenvalue weighted by Gasteiger charge is 2.21. The molecule has 2 rings (SSSR count). The van der Waals surface area contributed by atoms with E-state index in [4.69, 9.17) is 0 Å². The molecule has 0 saturated carbocycles. The van der Waals surface area contributed by atoms with Crippen molar-refractivity contribution >= 4 is 0 Å². The van der Waals surface area contributed by atoms with Gasteiger partial charge in [-0.15, -0.1) is 0 Å². The highest BCUT2D eigenvalue weighted by Crippen LogP contribution is 2.31. The van der Waals surface area contributed by atoms with Gasteiger partial charge in [0.2, 0.25) is 0 Å². The van der Waals surface area contributed by atoms with Crippen LogP contribution in [-0.2, 0) is 0 Å². The smallest absolute Gasteiger partial charge is 0.00129 e. The maximum Gasteiger partial charge on any atom is -0.00129 e. The third-order valence-electron chi connectivity index (χ3n) is 4.21. The Morgan fingerprint density at radius 3 is 2.53 bits per heavy atom. The average Bonchev–Trinajstić information content (AvgIpc) is 2.34. The quantitative estimate of drug-likeness (QED) is 0.763. The Hall–Kier alpha value is -0.820. The molecule has 0 amide bonds. The summed E-state index contributed by atoms with van der Waals surface area (Å²) in [4.78, 5) is 2.61. The van der Waals surface area contributed by atoms with Gasteiger partial charge >= 0.3 is 0 Å². The molecule has 0 atom stereocenters. The van der Waals surface area contributed by atoms with Gasteiger partial charge in [-0.2, -0.15) is 0 Å². The van der Waals surface area contributed by atoms with Crippen molar-refractivity contribution in [3.63, 3.8) is 0 Å². The first kappa shape index (κ1) is 12.6. The molecule has 1 aromatic carbocycles. The van der Waals surface area contributed by atoms with Gasteiger partial charge < -0.3 is 4.90 Å². The molecule has 0 unspecified atom stereocenters. The number of piperidine rings is 1. The Morgan fingerprint density at radius 2 is 1.88 bits per heavy atom.